The number of carbonyl (C=O) groups is 1. The predicted molar refractivity (Wildman–Crippen MR) is 148 cm³/mol. The Morgan fingerprint density at radius 1 is 0.944 bits per heavy atom. The highest BCUT2D eigenvalue weighted by atomic mass is 32.2. The number of likely N-dealkylation sites (N-methyl/N-ethyl adjacent to an activating group) is 1. The number of benzene rings is 4. The van der Waals surface area contributed by atoms with Gasteiger partial charge in [0.1, 0.15) is 6.61 Å². The maximum absolute atomic E-state index is 13.0. The topological polar surface area (TPSA) is 51.1 Å². The molecule has 1 fully saturated rings. The number of carbonyl (C=O) groups excluding carboxylic acids is 1. The number of hydrogen-bond donors (Lipinski definition) is 0. The molecule has 4 aromatic rings. The molecular formula is C30H26N2O3S. The van der Waals surface area contributed by atoms with E-state index in [0.717, 1.165) is 33.2 Å². The molecule has 0 unspecified atom stereocenters. The summed E-state index contributed by atoms with van der Waals surface area (Å²) in [6.45, 7) is 2.41. The van der Waals surface area contributed by atoms with Gasteiger partial charge in [-0.1, -0.05) is 72.3 Å². The van der Waals surface area contributed by atoms with Gasteiger partial charge in [-0.05, 0) is 59.3 Å². The number of thioether (sulfide) groups is 1. The summed E-state index contributed by atoms with van der Waals surface area (Å²) < 4.78 is 11.9. The fourth-order valence-corrected chi connectivity index (χ4v) is 5.03. The molecule has 0 aliphatic carbocycles. The number of nitrogens with zero attached hydrogens (tertiary/aromatic N) is 2. The quantitative estimate of drug-likeness (QED) is 0.272. The molecule has 1 aliphatic heterocycles. The smallest absolute Gasteiger partial charge is 0.266 e. The van der Waals surface area contributed by atoms with Crippen molar-refractivity contribution < 1.29 is 14.3 Å². The summed E-state index contributed by atoms with van der Waals surface area (Å²) in [6.07, 6.45) is 1.85. The first kappa shape index (κ1) is 23.7. The van der Waals surface area contributed by atoms with Crippen LogP contribution in [0.1, 0.15) is 16.7 Å². The van der Waals surface area contributed by atoms with Gasteiger partial charge in [-0.2, -0.15) is 0 Å². The van der Waals surface area contributed by atoms with E-state index in [9.17, 15) is 4.79 Å². The van der Waals surface area contributed by atoms with Gasteiger partial charge in [0.25, 0.3) is 5.91 Å². The molecule has 1 aliphatic rings. The van der Waals surface area contributed by atoms with E-state index in [4.69, 9.17) is 9.47 Å². The molecule has 0 bridgehead atoms. The van der Waals surface area contributed by atoms with Crippen LogP contribution in [0, 0.1) is 6.92 Å². The lowest BCUT2D eigenvalue weighted by Gasteiger charge is -2.15. The highest BCUT2D eigenvalue weighted by Gasteiger charge is 2.31. The van der Waals surface area contributed by atoms with Crippen molar-refractivity contribution in [1.82, 2.24) is 4.90 Å². The minimum atomic E-state index is -0.103. The van der Waals surface area contributed by atoms with Crippen molar-refractivity contribution in [3.05, 3.63) is 107 Å². The van der Waals surface area contributed by atoms with E-state index in [1.165, 1.54) is 11.8 Å². The molecule has 0 aromatic heterocycles. The monoisotopic (exact) mass is 494 g/mol. The summed E-state index contributed by atoms with van der Waals surface area (Å²) in [5.41, 5.74) is 3.83. The van der Waals surface area contributed by atoms with Crippen molar-refractivity contribution in [2.75, 3.05) is 14.2 Å². The molecular weight excluding hydrogens is 468 g/mol. The van der Waals surface area contributed by atoms with Gasteiger partial charge >= 0.3 is 0 Å². The summed E-state index contributed by atoms with van der Waals surface area (Å²) in [7, 11) is 3.36. The zero-order valence-electron chi connectivity index (χ0n) is 20.4. The van der Waals surface area contributed by atoms with E-state index in [0.29, 0.717) is 28.2 Å². The highest BCUT2D eigenvalue weighted by Crippen LogP contribution is 2.38. The number of methoxy groups -OCH3 is 1. The Morgan fingerprint density at radius 2 is 1.69 bits per heavy atom. The fourth-order valence-electron chi connectivity index (χ4n) is 4.05. The molecule has 1 amide bonds. The van der Waals surface area contributed by atoms with Crippen LogP contribution in [0.5, 0.6) is 11.5 Å². The highest BCUT2D eigenvalue weighted by molar-refractivity contribution is 8.18. The molecule has 0 saturated carbocycles. The molecule has 36 heavy (non-hydrogen) atoms. The van der Waals surface area contributed by atoms with Gasteiger partial charge < -0.3 is 9.47 Å². The second-order valence-electron chi connectivity index (χ2n) is 8.51. The minimum absolute atomic E-state index is 0.103. The number of amides is 1. The number of para-hydroxylation sites is 1. The summed E-state index contributed by atoms with van der Waals surface area (Å²) >= 11 is 1.35. The average molecular weight is 495 g/mol. The fraction of sp³-hybridized carbons (Fsp3) is 0.133. The van der Waals surface area contributed by atoms with Crippen LogP contribution in [-0.4, -0.2) is 30.1 Å². The van der Waals surface area contributed by atoms with Crippen LogP contribution in [0.15, 0.2) is 94.8 Å². The first-order valence-electron chi connectivity index (χ1n) is 11.6. The predicted octanol–water partition coefficient (Wildman–Crippen LogP) is 6.97. The SMILES string of the molecule is COc1cccc(/C=C2/SC(=Nc3ccc(C)cc3)N(C)C2=O)c1OCc1cccc2ccccc12. The van der Waals surface area contributed by atoms with E-state index >= 15 is 0 Å². The minimum Gasteiger partial charge on any atom is -0.493 e. The molecule has 6 heteroatoms. The first-order valence-corrected chi connectivity index (χ1v) is 12.4. The van der Waals surface area contributed by atoms with Crippen LogP contribution >= 0.6 is 11.8 Å². The molecule has 4 aromatic carbocycles. The Bertz CT molecular complexity index is 1490. The molecule has 180 valence electrons. The molecule has 0 spiro atoms. The molecule has 1 heterocycles. The summed E-state index contributed by atoms with van der Waals surface area (Å²) in [6, 6.07) is 28.0. The number of amidine groups is 1. The van der Waals surface area contributed by atoms with Crippen molar-refractivity contribution in [2.24, 2.45) is 4.99 Å². The number of aliphatic imine (C=N–C) groups is 1. The summed E-state index contributed by atoms with van der Waals surface area (Å²) in [5.74, 6) is 1.11. The zero-order chi connectivity index (χ0) is 25.1. The second-order valence-corrected chi connectivity index (χ2v) is 9.52. The largest absolute Gasteiger partial charge is 0.493 e. The van der Waals surface area contributed by atoms with E-state index in [2.05, 4.69) is 29.3 Å². The third kappa shape index (κ3) is 4.86. The van der Waals surface area contributed by atoms with Crippen molar-refractivity contribution >= 4 is 45.4 Å². The van der Waals surface area contributed by atoms with Crippen LogP contribution in [-0.2, 0) is 11.4 Å². The van der Waals surface area contributed by atoms with Crippen LogP contribution < -0.4 is 9.47 Å². The van der Waals surface area contributed by atoms with Gasteiger partial charge in [-0.15, -0.1) is 0 Å². The van der Waals surface area contributed by atoms with Crippen molar-refractivity contribution in [2.45, 2.75) is 13.5 Å². The standard InChI is InChI=1S/C30H26N2O3S/c1-20-14-16-24(17-15-20)31-30-32(2)29(33)27(36-30)18-22-10-7-13-26(34-3)28(22)35-19-23-11-6-9-21-8-4-5-12-25(21)23/h4-18H,19H2,1-3H3/b27-18+,31-30?. The van der Waals surface area contributed by atoms with Crippen molar-refractivity contribution in [3.8, 4) is 11.5 Å². The number of fused-ring (bicyclic) bond motifs is 1. The third-order valence-corrected chi connectivity index (χ3v) is 7.09. The normalized spacial score (nSPS) is 15.8. The summed E-state index contributed by atoms with van der Waals surface area (Å²) in [4.78, 5) is 19.9. The van der Waals surface area contributed by atoms with Crippen molar-refractivity contribution in [1.29, 1.82) is 0 Å². The zero-order valence-corrected chi connectivity index (χ0v) is 21.2. The number of ether oxygens (including phenoxy) is 2. The lowest BCUT2D eigenvalue weighted by molar-refractivity contribution is -0.121. The lowest BCUT2D eigenvalue weighted by atomic mass is 10.1. The number of hydrogen-bond acceptors (Lipinski definition) is 5. The van der Waals surface area contributed by atoms with Gasteiger partial charge in [0.2, 0.25) is 0 Å². The van der Waals surface area contributed by atoms with E-state index in [1.807, 2.05) is 73.7 Å². The number of aryl methyl sites for hydroxylation is 1. The molecule has 0 radical (unpaired) electrons. The van der Waals surface area contributed by atoms with Gasteiger partial charge in [0, 0.05) is 12.6 Å². The maximum Gasteiger partial charge on any atom is 0.266 e. The van der Waals surface area contributed by atoms with E-state index in [-0.39, 0.29) is 5.91 Å². The Kier molecular flexibility index (Phi) is 6.78. The van der Waals surface area contributed by atoms with Crippen molar-refractivity contribution in [3.63, 3.8) is 0 Å². The number of rotatable bonds is 6. The van der Waals surface area contributed by atoms with Crippen LogP contribution in [0.3, 0.4) is 0 Å². The van der Waals surface area contributed by atoms with Crippen LogP contribution in [0.25, 0.3) is 16.8 Å². The molecule has 5 rings (SSSR count). The van der Waals surface area contributed by atoms with Crippen LogP contribution in [0.4, 0.5) is 5.69 Å². The van der Waals surface area contributed by atoms with Gasteiger partial charge in [0.05, 0.1) is 17.7 Å². The second kappa shape index (κ2) is 10.3. The Balaban J connectivity index is 1.45. The van der Waals surface area contributed by atoms with Gasteiger partial charge in [-0.25, -0.2) is 4.99 Å². The first-order chi connectivity index (χ1) is 17.5. The molecule has 5 nitrogen and oxygen atoms in total. The average Bonchev–Trinajstić information content (AvgIpc) is 3.16. The molecule has 0 N–H and O–H groups in total. The molecule has 1 saturated heterocycles. The van der Waals surface area contributed by atoms with Gasteiger partial charge in [0.15, 0.2) is 16.7 Å². The summed E-state index contributed by atoms with van der Waals surface area (Å²) in [5, 5.41) is 2.95. The lowest BCUT2D eigenvalue weighted by Crippen LogP contribution is -2.23. The molecule has 0 atom stereocenters. The van der Waals surface area contributed by atoms with Gasteiger partial charge in [-0.3, -0.25) is 9.69 Å². The third-order valence-electron chi connectivity index (χ3n) is 6.03. The Labute approximate surface area is 215 Å². The van der Waals surface area contributed by atoms with Crippen LogP contribution in [0.2, 0.25) is 0 Å². The Morgan fingerprint density at radius 3 is 2.50 bits per heavy atom. The maximum atomic E-state index is 13.0. The van der Waals surface area contributed by atoms with E-state index in [1.54, 1.807) is 19.1 Å². The Hall–Kier alpha value is -4.03. The van der Waals surface area contributed by atoms with E-state index < -0.39 is 0 Å².